The number of carbonyl (C=O) groups excluding carboxylic acids is 4. The number of hydrogen-bond acceptors (Lipinski definition) is 6. The monoisotopic (exact) mass is 667 g/mol. The summed E-state index contributed by atoms with van der Waals surface area (Å²) in [6.45, 7) is -0.920. The maximum atomic E-state index is 13.8. The first-order valence-corrected chi connectivity index (χ1v) is 13.4. The molecule has 2 aromatic rings. The number of halogens is 7. The number of non-ortho nitro benzene ring substituents is 1. The van der Waals surface area contributed by atoms with Crippen molar-refractivity contribution in [1.82, 2.24) is 10.0 Å². The lowest BCUT2D eigenvalue weighted by Gasteiger charge is -2.36. The lowest BCUT2D eigenvalue weighted by atomic mass is 9.84. The average Bonchev–Trinajstić information content (AvgIpc) is 3.30. The van der Waals surface area contributed by atoms with Crippen LogP contribution in [0.4, 0.5) is 10.1 Å². The number of carbonyl (C=O) groups is 4. The molecule has 2 fully saturated rings. The number of Topliss-reactive ketones (excluding diaryl/α,β-unsaturated/α-hetero) is 1. The summed E-state index contributed by atoms with van der Waals surface area (Å²) < 4.78 is 11.2. The van der Waals surface area contributed by atoms with Crippen LogP contribution in [0.25, 0.3) is 0 Å². The van der Waals surface area contributed by atoms with Crippen molar-refractivity contribution in [2.75, 3.05) is 6.54 Å². The minimum atomic E-state index is -2.23. The number of benzene rings is 2. The fraction of sp³-hybridized carbons (Fsp3) is 0.250. The number of ketones is 1. The van der Waals surface area contributed by atoms with E-state index in [0.717, 1.165) is 36.4 Å². The van der Waals surface area contributed by atoms with Gasteiger partial charge in [-0.1, -0.05) is 52.5 Å². The van der Waals surface area contributed by atoms with Gasteiger partial charge in [-0.15, -0.1) is 23.2 Å². The van der Waals surface area contributed by atoms with Crippen molar-refractivity contribution in [2.45, 2.75) is 14.1 Å². The van der Waals surface area contributed by atoms with Gasteiger partial charge in [0.25, 0.3) is 23.4 Å². The van der Waals surface area contributed by atoms with E-state index >= 15 is 0 Å². The Hall–Kier alpha value is -2.47. The summed E-state index contributed by atoms with van der Waals surface area (Å²) in [6.07, 6.45) is 0. The van der Waals surface area contributed by atoms with Crippen molar-refractivity contribution < 1.29 is 28.5 Å². The highest BCUT2D eigenvalue weighted by Crippen LogP contribution is 2.77. The molecule has 40 heavy (non-hydrogen) atoms. The molecule has 2 aliphatic carbocycles. The van der Waals surface area contributed by atoms with Gasteiger partial charge in [0.15, 0.2) is 10.1 Å². The molecule has 9 nitrogen and oxygen atoms in total. The highest BCUT2D eigenvalue weighted by Gasteiger charge is 2.88. The van der Waals surface area contributed by atoms with Gasteiger partial charge in [-0.3, -0.25) is 29.3 Å². The Morgan fingerprint density at radius 2 is 1.45 bits per heavy atom. The number of fused-ring (bicyclic) bond motifs is 5. The van der Waals surface area contributed by atoms with Crippen LogP contribution in [0.3, 0.4) is 0 Å². The molecule has 1 aliphatic heterocycles. The zero-order valence-corrected chi connectivity index (χ0v) is 24.0. The van der Waals surface area contributed by atoms with E-state index in [1.54, 1.807) is 0 Å². The maximum Gasteiger partial charge on any atom is 0.273 e. The predicted octanol–water partition coefficient (Wildman–Crippen LogP) is 5.42. The second-order valence-electron chi connectivity index (χ2n) is 9.17. The summed E-state index contributed by atoms with van der Waals surface area (Å²) in [5.41, 5.74) is -0.865. The van der Waals surface area contributed by atoms with Crippen LogP contribution >= 0.6 is 69.6 Å². The zero-order chi connectivity index (χ0) is 29.5. The first-order chi connectivity index (χ1) is 18.6. The van der Waals surface area contributed by atoms with E-state index in [1.807, 2.05) is 0 Å². The van der Waals surface area contributed by atoms with Crippen molar-refractivity contribution in [3.8, 4) is 0 Å². The van der Waals surface area contributed by atoms with Crippen LogP contribution in [-0.2, 0) is 9.59 Å². The first kappa shape index (κ1) is 29.0. The molecule has 0 aromatic heterocycles. The lowest BCUT2D eigenvalue weighted by Crippen LogP contribution is -2.56. The Bertz CT molecular complexity index is 1520. The summed E-state index contributed by atoms with van der Waals surface area (Å²) in [7, 11) is 0. The molecule has 3 aliphatic rings. The van der Waals surface area contributed by atoms with Crippen LogP contribution in [-0.4, -0.2) is 59.1 Å². The van der Waals surface area contributed by atoms with Gasteiger partial charge in [-0.05, 0) is 30.3 Å². The molecule has 5 rings (SSSR count). The van der Waals surface area contributed by atoms with Crippen LogP contribution in [0.2, 0.25) is 0 Å². The van der Waals surface area contributed by atoms with E-state index in [1.165, 1.54) is 12.1 Å². The standard InChI is InChI=1S/C24H12Cl6FN3O6/c25-17-18(26)23(28)16-15(22(17,27)24(23,29)30)20(37)33(21(16)38)32(9-14(35)10-4-6-12(31)7-5-10)19(36)11-2-1-3-13(8-11)34(39)40/h1-8,15-16H,9H2/t15-,16-,22+,23+/m0/s1. The molecular formula is C24H12Cl6FN3O6. The molecule has 0 spiro atoms. The lowest BCUT2D eigenvalue weighted by molar-refractivity contribution is -0.384. The van der Waals surface area contributed by atoms with Crippen molar-refractivity contribution in [2.24, 2.45) is 11.8 Å². The first-order valence-electron chi connectivity index (χ1n) is 11.1. The fourth-order valence-electron chi connectivity index (χ4n) is 5.22. The molecule has 2 bridgehead atoms. The second kappa shape index (κ2) is 9.54. The molecule has 0 N–H and O–H groups in total. The number of nitro groups is 1. The number of imide groups is 1. The van der Waals surface area contributed by atoms with Gasteiger partial charge >= 0.3 is 0 Å². The quantitative estimate of drug-likeness (QED) is 0.133. The van der Waals surface area contributed by atoms with Crippen molar-refractivity contribution in [3.05, 3.63) is 85.7 Å². The van der Waals surface area contributed by atoms with Crippen molar-refractivity contribution in [3.63, 3.8) is 0 Å². The molecule has 1 heterocycles. The molecule has 1 saturated carbocycles. The van der Waals surface area contributed by atoms with E-state index in [2.05, 4.69) is 0 Å². The Morgan fingerprint density at radius 3 is 1.95 bits per heavy atom. The number of alkyl halides is 4. The second-order valence-corrected chi connectivity index (χ2v) is 12.4. The van der Waals surface area contributed by atoms with E-state index in [4.69, 9.17) is 69.6 Å². The Labute approximate surface area is 254 Å². The van der Waals surface area contributed by atoms with Crippen LogP contribution in [0.1, 0.15) is 20.7 Å². The normalized spacial score (nSPS) is 28.2. The fourth-order valence-corrected chi connectivity index (χ4v) is 8.15. The molecule has 0 radical (unpaired) electrons. The van der Waals surface area contributed by atoms with E-state index in [9.17, 15) is 33.7 Å². The third kappa shape index (κ3) is 3.66. The van der Waals surface area contributed by atoms with E-state index < -0.39 is 72.4 Å². The number of rotatable bonds is 6. The van der Waals surface area contributed by atoms with Gasteiger partial charge in [0.05, 0.1) is 26.8 Å². The SMILES string of the molecule is O=C(CN(C(=O)c1cccc([N+](=O)[O-])c1)N1C(=O)[C@@H]2[C@@H](C1=O)[C@@]1(Cl)C(Cl)=C(Cl)[C@@]2(Cl)C1(Cl)Cl)c1ccc(F)cc1. The summed E-state index contributed by atoms with van der Waals surface area (Å²) >= 11 is 39.0. The van der Waals surface area contributed by atoms with E-state index in [-0.39, 0.29) is 21.2 Å². The predicted molar refractivity (Wildman–Crippen MR) is 144 cm³/mol. The number of hydrazine groups is 1. The summed E-state index contributed by atoms with van der Waals surface area (Å²) in [5, 5.41) is 11.4. The molecule has 208 valence electrons. The van der Waals surface area contributed by atoms with Gasteiger partial charge in [-0.2, -0.15) is 5.01 Å². The molecule has 0 unspecified atom stereocenters. The minimum Gasteiger partial charge on any atom is -0.292 e. The van der Waals surface area contributed by atoms with Crippen molar-refractivity contribution >= 4 is 98.8 Å². The number of allylic oxidation sites excluding steroid dienone is 2. The highest BCUT2D eigenvalue weighted by molar-refractivity contribution is 6.66. The van der Waals surface area contributed by atoms with Gasteiger partial charge in [0, 0.05) is 23.3 Å². The molecule has 3 amide bonds. The Kier molecular flexibility index (Phi) is 6.92. The smallest absolute Gasteiger partial charge is 0.273 e. The number of nitrogens with zero attached hydrogens (tertiary/aromatic N) is 3. The topological polar surface area (TPSA) is 118 Å². The molecular weight excluding hydrogens is 658 g/mol. The molecule has 16 heteroatoms. The Morgan fingerprint density at radius 1 is 0.925 bits per heavy atom. The van der Waals surface area contributed by atoms with Gasteiger partial charge in [0.1, 0.15) is 22.1 Å². The summed E-state index contributed by atoms with van der Waals surface area (Å²) in [6, 6.07) is 8.67. The van der Waals surface area contributed by atoms with Crippen LogP contribution in [0.5, 0.6) is 0 Å². The Balaban J connectivity index is 1.61. The highest BCUT2D eigenvalue weighted by atomic mass is 35.5. The van der Waals surface area contributed by atoms with Crippen LogP contribution in [0.15, 0.2) is 58.6 Å². The zero-order valence-electron chi connectivity index (χ0n) is 19.4. The largest absolute Gasteiger partial charge is 0.292 e. The summed E-state index contributed by atoms with van der Waals surface area (Å²) in [4.78, 5) is 60.7. The number of nitro benzene ring substituents is 1. The average molecular weight is 670 g/mol. The van der Waals surface area contributed by atoms with Gasteiger partial charge < -0.3 is 0 Å². The summed E-state index contributed by atoms with van der Waals surface area (Å²) in [5.74, 6) is -8.03. The van der Waals surface area contributed by atoms with E-state index in [0.29, 0.717) is 10.0 Å². The van der Waals surface area contributed by atoms with Crippen LogP contribution < -0.4 is 0 Å². The van der Waals surface area contributed by atoms with Gasteiger partial charge in [0.2, 0.25) is 0 Å². The third-order valence-electron chi connectivity index (χ3n) is 7.12. The minimum absolute atomic E-state index is 0.0616. The van der Waals surface area contributed by atoms with Crippen molar-refractivity contribution in [1.29, 1.82) is 0 Å². The molecule has 2 aromatic carbocycles. The molecule has 4 atom stereocenters. The number of hydrogen-bond donors (Lipinski definition) is 0. The molecule has 1 saturated heterocycles. The third-order valence-corrected chi connectivity index (χ3v) is 11.4. The number of amides is 3. The van der Waals surface area contributed by atoms with Gasteiger partial charge in [-0.25, -0.2) is 9.40 Å². The maximum absolute atomic E-state index is 13.8. The van der Waals surface area contributed by atoms with Crippen LogP contribution in [0, 0.1) is 27.8 Å².